The van der Waals surface area contributed by atoms with Crippen LogP contribution in [0.4, 0.5) is 0 Å². The quantitative estimate of drug-likeness (QED) is 0.380. The lowest BCUT2D eigenvalue weighted by Crippen LogP contribution is -2.47. The van der Waals surface area contributed by atoms with E-state index in [0.717, 1.165) is 37.7 Å². The van der Waals surface area contributed by atoms with E-state index in [1.54, 1.807) is 13.8 Å². The van der Waals surface area contributed by atoms with Crippen LogP contribution < -0.4 is 11.1 Å². The molecule has 2 rings (SSSR count). The van der Waals surface area contributed by atoms with Crippen molar-refractivity contribution >= 4 is 19.2 Å². The Bertz CT molecular complexity index is 764. The average molecular weight is 453 g/mol. The molecule has 1 aromatic rings. The molecule has 0 aliphatic heterocycles. The second-order valence-electron chi connectivity index (χ2n) is 9.19. The molecule has 4 unspecified atom stereocenters. The smallest absolute Gasteiger partial charge is 0.307 e. The Morgan fingerprint density at radius 3 is 2.32 bits per heavy atom. The second kappa shape index (κ2) is 11.8. The minimum atomic E-state index is -3.98. The van der Waals surface area contributed by atoms with Crippen LogP contribution in [-0.2, 0) is 20.6 Å². The molecule has 0 radical (unpaired) electrons. The SMILES string of the molecule is CC(C)C(CP(=O)(O)C(CC1CCCCC1)NC(=O)C(N)Cc1ccccc1)C(=O)O. The van der Waals surface area contributed by atoms with Crippen LogP contribution in [0, 0.1) is 17.8 Å². The van der Waals surface area contributed by atoms with Gasteiger partial charge in [-0.1, -0.05) is 76.3 Å². The van der Waals surface area contributed by atoms with Crippen LogP contribution in [0.2, 0.25) is 0 Å². The van der Waals surface area contributed by atoms with Crippen molar-refractivity contribution < 1.29 is 24.2 Å². The average Bonchev–Trinajstić information content (AvgIpc) is 2.72. The number of carbonyl (C=O) groups is 2. The fraction of sp³-hybridized carbons (Fsp3) is 0.652. The summed E-state index contributed by atoms with van der Waals surface area (Å²) in [6.07, 6.45) is 5.54. The van der Waals surface area contributed by atoms with E-state index < -0.39 is 37.0 Å². The number of rotatable bonds is 11. The molecular weight excluding hydrogens is 415 g/mol. The van der Waals surface area contributed by atoms with E-state index in [1.165, 1.54) is 0 Å². The molecule has 5 N–H and O–H groups in total. The van der Waals surface area contributed by atoms with Crippen LogP contribution in [-0.4, -0.2) is 39.9 Å². The molecule has 1 aliphatic carbocycles. The maximum atomic E-state index is 13.4. The summed E-state index contributed by atoms with van der Waals surface area (Å²) in [7, 11) is -3.98. The van der Waals surface area contributed by atoms with Gasteiger partial charge in [-0.3, -0.25) is 14.2 Å². The van der Waals surface area contributed by atoms with Crippen LogP contribution in [0.1, 0.15) is 57.9 Å². The van der Waals surface area contributed by atoms with E-state index in [4.69, 9.17) is 5.73 Å². The Morgan fingerprint density at radius 2 is 1.77 bits per heavy atom. The minimum absolute atomic E-state index is 0.243. The summed E-state index contributed by atoms with van der Waals surface area (Å²) < 4.78 is 13.4. The summed E-state index contributed by atoms with van der Waals surface area (Å²) in [4.78, 5) is 35.4. The summed E-state index contributed by atoms with van der Waals surface area (Å²) in [5, 5.41) is 12.2. The van der Waals surface area contributed by atoms with E-state index in [-0.39, 0.29) is 18.0 Å². The van der Waals surface area contributed by atoms with Crippen LogP contribution in [0.25, 0.3) is 0 Å². The molecule has 1 aromatic carbocycles. The predicted octanol–water partition coefficient (Wildman–Crippen LogP) is 3.60. The van der Waals surface area contributed by atoms with Crippen molar-refractivity contribution in [1.82, 2.24) is 5.32 Å². The number of benzene rings is 1. The van der Waals surface area contributed by atoms with Gasteiger partial charge in [0.05, 0.1) is 12.0 Å². The zero-order valence-electron chi connectivity index (χ0n) is 18.6. The van der Waals surface area contributed by atoms with Crippen molar-refractivity contribution in [2.75, 3.05) is 6.16 Å². The first kappa shape index (κ1) is 25.6. The first-order valence-electron chi connectivity index (χ1n) is 11.2. The van der Waals surface area contributed by atoms with Crippen molar-refractivity contribution in [2.24, 2.45) is 23.5 Å². The Morgan fingerprint density at radius 1 is 1.16 bits per heavy atom. The van der Waals surface area contributed by atoms with Crippen LogP contribution >= 0.6 is 7.37 Å². The highest BCUT2D eigenvalue weighted by atomic mass is 31.2. The number of carbonyl (C=O) groups excluding carboxylic acids is 1. The van der Waals surface area contributed by atoms with Gasteiger partial charge in [-0.05, 0) is 30.2 Å². The van der Waals surface area contributed by atoms with Gasteiger partial charge in [0, 0.05) is 6.16 Å². The summed E-state index contributed by atoms with van der Waals surface area (Å²) >= 11 is 0. The molecule has 0 saturated heterocycles. The van der Waals surface area contributed by atoms with Crippen molar-refractivity contribution in [3.8, 4) is 0 Å². The maximum Gasteiger partial charge on any atom is 0.307 e. The summed E-state index contributed by atoms with van der Waals surface area (Å²) in [6.45, 7) is 3.45. The number of hydrogen-bond donors (Lipinski definition) is 4. The Labute approximate surface area is 185 Å². The van der Waals surface area contributed by atoms with Gasteiger partial charge >= 0.3 is 5.97 Å². The fourth-order valence-corrected chi connectivity index (χ4v) is 6.63. The molecule has 31 heavy (non-hydrogen) atoms. The van der Waals surface area contributed by atoms with Gasteiger partial charge in [-0.15, -0.1) is 0 Å². The Kier molecular flexibility index (Phi) is 9.73. The van der Waals surface area contributed by atoms with E-state index in [1.807, 2.05) is 30.3 Å². The van der Waals surface area contributed by atoms with Crippen LogP contribution in [0.5, 0.6) is 0 Å². The lowest BCUT2D eigenvalue weighted by Gasteiger charge is -2.32. The Balaban J connectivity index is 2.15. The first-order valence-corrected chi connectivity index (χ1v) is 13.2. The molecular formula is C23H37N2O5P. The fourth-order valence-electron chi connectivity index (χ4n) is 4.28. The number of nitrogens with one attached hydrogen (secondary N) is 1. The third-order valence-corrected chi connectivity index (χ3v) is 8.52. The van der Waals surface area contributed by atoms with Crippen molar-refractivity contribution in [2.45, 2.75) is 70.6 Å². The molecule has 0 spiro atoms. The van der Waals surface area contributed by atoms with Gasteiger partial charge < -0.3 is 21.1 Å². The molecule has 174 valence electrons. The molecule has 8 heteroatoms. The highest BCUT2D eigenvalue weighted by Gasteiger charge is 2.40. The molecule has 1 saturated carbocycles. The van der Waals surface area contributed by atoms with Crippen LogP contribution in [0.3, 0.4) is 0 Å². The van der Waals surface area contributed by atoms with Crippen molar-refractivity contribution in [3.63, 3.8) is 0 Å². The maximum absolute atomic E-state index is 13.4. The molecule has 0 aromatic heterocycles. The van der Waals surface area contributed by atoms with Gasteiger partial charge in [0.1, 0.15) is 5.78 Å². The van der Waals surface area contributed by atoms with Gasteiger partial charge in [0.15, 0.2) is 0 Å². The largest absolute Gasteiger partial charge is 0.481 e. The number of amides is 1. The molecule has 0 bridgehead atoms. The lowest BCUT2D eigenvalue weighted by atomic mass is 9.87. The molecule has 1 aliphatic rings. The second-order valence-corrected chi connectivity index (χ2v) is 11.7. The molecule has 7 nitrogen and oxygen atoms in total. The van der Waals surface area contributed by atoms with Gasteiger partial charge in [0.25, 0.3) is 0 Å². The molecule has 0 heterocycles. The van der Waals surface area contributed by atoms with Crippen molar-refractivity contribution in [3.05, 3.63) is 35.9 Å². The number of carboxylic acid groups (broad SMARTS) is 1. The van der Waals surface area contributed by atoms with Crippen LogP contribution in [0.15, 0.2) is 30.3 Å². The van der Waals surface area contributed by atoms with E-state index >= 15 is 0 Å². The summed E-state index contributed by atoms with van der Waals surface area (Å²) in [5.41, 5.74) is 7.00. The van der Waals surface area contributed by atoms with E-state index in [9.17, 15) is 24.2 Å². The number of hydrogen-bond acceptors (Lipinski definition) is 4. The first-order chi connectivity index (χ1) is 14.6. The zero-order chi connectivity index (χ0) is 23.0. The minimum Gasteiger partial charge on any atom is -0.481 e. The van der Waals surface area contributed by atoms with Crippen molar-refractivity contribution in [1.29, 1.82) is 0 Å². The highest BCUT2D eigenvalue weighted by Crippen LogP contribution is 2.51. The summed E-state index contributed by atoms with van der Waals surface area (Å²) in [6, 6.07) is 8.52. The van der Waals surface area contributed by atoms with Gasteiger partial charge in [-0.25, -0.2) is 0 Å². The Hall–Kier alpha value is -1.69. The zero-order valence-corrected chi connectivity index (χ0v) is 19.5. The predicted molar refractivity (Wildman–Crippen MR) is 122 cm³/mol. The third kappa shape index (κ3) is 8.06. The standard InChI is InChI=1S/C23H37N2O5P/c1-16(2)19(23(27)28)15-31(29,30)21(14-18-11-7-4-8-12-18)25-22(26)20(24)13-17-9-5-3-6-10-17/h3,5-6,9-10,16,18-21H,4,7-8,11-15,24H2,1-2H3,(H,25,26)(H,27,28)(H,29,30). The monoisotopic (exact) mass is 452 g/mol. The molecule has 1 fully saturated rings. The number of aliphatic carboxylic acids is 1. The van der Waals surface area contributed by atoms with E-state index in [2.05, 4.69) is 5.32 Å². The molecule has 1 amide bonds. The van der Waals surface area contributed by atoms with Gasteiger partial charge in [-0.2, -0.15) is 0 Å². The topological polar surface area (TPSA) is 130 Å². The third-order valence-electron chi connectivity index (χ3n) is 6.29. The lowest BCUT2D eigenvalue weighted by molar-refractivity contribution is -0.142. The van der Waals surface area contributed by atoms with E-state index in [0.29, 0.717) is 12.8 Å². The summed E-state index contributed by atoms with van der Waals surface area (Å²) in [5.74, 6) is -3.54. The molecule has 4 atom stereocenters. The number of carboxylic acids is 1. The normalized spacial score (nSPS) is 19.9. The van der Waals surface area contributed by atoms with Gasteiger partial charge in [0.2, 0.25) is 13.3 Å². The highest BCUT2D eigenvalue weighted by molar-refractivity contribution is 7.58. The number of nitrogens with two attached hydrogens (primary N) is 1.